The predicted molar refractivity (Wildman–Crippen MR) is 111 cm³/mol. The fraction of sp³-hybridized carbons (Fsp3) is 0.318. The average molecular weight is 362 g/mol. The van der Waals surface area contributed by atoms with Gasteiger partial charge in [0.2, 0.25) is 0 Å². The van der Waals surface area contributed by atoms with Gasteiger partial charge in [0.15, 0.2) is 0 Å². The van der Waals surface area contributed by atoms with E-state index in [9.17, 15) is 0 Å². The summed E-state index contributed by atoms with van der Waals surface area (Å²) in [7, 11) is 8.39. The van der Waals surface area contributed by atoms with Gasteiger partial charge in [0, 0.05) is 19.4 Å². The zero-order valence-electron chi connectivity index (χ0n) is 16.6. The topological polar surface area (TPSA) is 36.3 Å². The molecule has 3 aromatic rings. The van der Waals surface area contributed by atoms with E-state index in [1.165, 1.54) is 0 Å². The number of rotatable bonds is 6. The summed E-state index contributed by atoms with van der Waals surface area (Å²) in [5.41, 5.74) is 1.95. The largest absolute Gasteiger partial charge is 0.494 e. The number of nitrogens with zero attached hydrogens (tertiary/aromatic N) is 2. The molecule has 0 aliphatic heterocycles. The van der Waals surface area contributed by atoms with Crippen LogP contribution in [0.2, 0.25) is 0 Å². The molecule has 3 rings (SSSR count). The van der Waals surface area contributed by atoms with Crippen molar-refractivity contribution in [2.75, 3.05) is 13.2 Å². The van der Waals surface area contributed by atoms with Crippen LogP contribution in [0.3, 0.4) is 0 Å². The Bertz CT molecular complexity index is 766. The van der Waals surface area contributed by atoms with Crippen molar-refractivity contribution < 1.29 is 9.47 Å². The molecule has 0 unspecified atom stereocenters. The van der Waals surface area contributed by atoms with E-state index in [2.05, 4.69) is 4.98 Å². The van der Waals surface area contributed by atoms with E-state index in [0.717, 1.165) is 28.5 Å². The van der Waals surface area contributed by atoms with Gasteiger partial charge in [0.05, 0.1) is 21.1 Å². The van der Waals surface area contributed by atoms with Crippen LogP contribution in [0.4, 0.5) is 0 Å². The van der Waals surface area contributed by atoms with E-state index in [-0.39, 0.29) is 5.82 Å². The first kappa shape index (κ1) is 20.6. The maximum atomic E-state index is 6.42. The van der Waals surface area contributed by atoms with Crippen molar-refractivity contribution in [2.24, 2.45) is 7.05 Å². The van der Waals surface area contributed by atoms with Gasteiger partial charge in [0.25, 0.3) is 0 Å². The summed E-state index contributed by atoms with van der Waals surface area (Å²) < 4.78 is 13.3. The molecule has 0 N–H and O–H groups in total. The summed E-state index contributed by atoms with van der Waals surface area (Å²) >= 11 is 0. The molecule has 0 aliphatic carbocycles. The van der Waals surface area contributed by atoms with Crippen LogP contribution < -0.4 is 9.47 Å². The Hall–Kier alpha value is -2.69. The third-order valence-electron chi connectivity index (χ3n) is 4.17. The molecule has 1 aromatic heterocycles. The van der Waals surface area contributed by atoms with Gasteiger partial charge in [-0.3, -0.25) is 0 Å². The molecular formula is C22H27BN2O2. The Morgan fingerprint density at radius 3 is 1.74 bits per heavy atom. The number of imidazole rings is 1. The molecule has 0 amide bonds. The minimum absolute atomic E-state index is 0.263. The number of aromatic nitrogens is 2. The van der Waals surface area contributed by atoms with Crippen LogP contribution in [-0.4, -0.2) is 30.6 Å². The van der Waals surface area contributed by atoms with Gasteiger partial charge < -0.3 is 14.0 Å². The van der Waals surface area contributed by atoms with E-state index in [1.54, 1.807) is 6.20 Å². The first-order valence-corrected chi connectivity index (χ1v) is 9.21. The summed E-state index contributed by atoms with van der Waals surface area (Å²) in [4.78, 5) is 3.98. The molecule has 140 valence electrons. The minimum atomic E-state index is -0.263. The number of para-hydroxylation sites is 2. The third kappa shape index (κ3) is 5.65. The highest BCUT2D eigenvalue weighted by atomic mass is 16.5. The highest BCUT2D eigenvalue weighted by molar-refractivity contribution is 6.15. The first-order chi connectivity index (χ1) is 13.1. The Kier molecular flexibility index (Phi) is 7.99. The molecule has 5 heteroatoms. The van der Waals surface area contributed by atoms with Crippen molar-refractivity contribution in [1.82, 2.24) is 9.55 Å². The lowest BCUT2D eigenvalue weighted by Crippen LogP contribution is -2.07. The number of ether oxygens (including phenoxy) is 2. The molecular weight excluding hydrogens is 335 g/mol. The van der Waals surface area contributed by atoms with Crippen molar-refractivity contribution in [1.29, 1.82) is 0 Å². The maximum absolute atomic E-state index is 6.42. The highest BCUT2D eigenvalue weighted by Crippen LogP contribution is 2.34. The molecule has 2 aromatic carbocycles. The van der Waals surface area contributed by atoms with Crippen molar-refractivity contribution in [3.8, 4) is 11.5 Å². The number of hydrogen-bond donors (Lipinski definition) is 0. The van der Waals surface area contributed by atoms with Crippen molar-refractivity contribution in [3.05, 3.63) is 77.9 Å². The molecule has 0 fully saturated rings. The standard InChI is InChI=1S/C17H19BO2.C5H8N2/c1-3-19-15-11-7-5-9-13(15)17(18)14-10-6-8-12-16(14)20-4-2;1-5-6-3-4-7(5)2/h5-12,17H,3-4H2,1-2H3;3-4H,1-2H3. The molecule has 0 aliphatic rings. The summed E-state index contributed by atoms with van der Waals surface area (Å²) in [5.74, 6) is 2.45. The molecule has 2 radical (unpaired) electrons. The molecule has 27 heavy (non-hydrogen) atoms. The van der Waals surface area contributed by atoms with Gasteiger partial charge >= 0.3 is 0 Å². The lowest BCUT2D eigenvalue weighted by atomic mass is 9.75. The van der Waals surface area contributed by atoms with Crippen molar-refractivity contribution >= 4 is 7.85 Å². The minimum Gasteiger partial charge on any atom is -0.494 e. The van der Waals surface area contributed by atoms with Crippen molar-refractivity contribution in [3.63, 3.8) is 0 Å². The van der Waals surface area contributed by atoms with Gasteiger partial charge in [-0.05, 0) is 49.8 Å². The summed E-state index contributed by atoms with van der Waals surface area (Å²) in [5, 5.41) is 0. The summed E-state index contributed by atoms with van der Waals surface area (Å²) in [6, 6.07) is 15.7. The normalized spacial score (nSPS) is 10.3. The second-order valence-electron chi connectivity index (χ2n) is 6.00. The lowest BCUT2D eigenvalue weighted by molar-refractivity contribution is 0.332. The molecule has 1 heterocycles. The number of aryl methyl sites for hydroxylation is 2. The van der Waals surface area contributed by atoms with Crippen LogP contribution in [0.25, 0.3) is 0 Å². The molecule has 0 spiro atoms. The number of benzene rings is 2. The SMILES string of the molecule is Cc1nccn1C.[B]C(c1ccccc1OCC)c1ccccc1OCC. The van der Waals surface area contributed by atoms with Crippen LogP contribution >= 0.6 is 0 Å². The Morgan fingerprint density at radius 1 is 0.926 bits per heavy atom. The van der Waals surface area contributed by atoms with Crippen LogP contribution in [0.5, 0.6) is 11.5 Å². The number of hydrogen-bond acceptors (Lipinski definition) is 3. The van der Waals surface area contributed by atoms with Gasteiger partial charge in [0.1, 0.15) is 17.3 Å². The van der Waals surface area contributed by atoms with E-state index in [4.69, 9.17) is 17.3 Å². The zero-order valence-corrected chi connectivity index (χ0v) is 16.6. The van der Waals surface area contributed by atoms with Gasteiger partial charge in [-0.1, -0.05) is 36.4 Å². The van der Waals surface area contributed by atoms with Gasteiger partial charge in [-0.15, -0.1) is 0 Å². The van der Waals surface area contributed by atoms with Crippen LogP contribution in [-0.2, 0) is 7.05 Å². The van der Waals surface area contributed by atoms with E-state index in [1.807, 2.05) is 87.1 Å². The zero-order chi connectivity index (χ0) is 19.6. The predicted octanol–water partition coefficient (Wildman–Crippen LogP) is 4.47. The van der Waals surface area contributed by atoms with Crippen LogP contribution in [0.1, 0.15) is 36.6 Å². The summed E-state index contributed by atoms with van der Waals surface area (Å²) in [6.45, 7) is 7.15. The second kappa shape index (κ2) is 10.5. The second-order valence-corrected chi connectivity index (χ2v) is 6.00. The Labute approximate surface area is 163 Å². The summed E-state index contributed by atoms with van der Waals surface area (Å²) in [6.07, 6.45) is 3.71. The fourth-order valence-electron chi connectivity index (χ4n) is 2.66. The third-order valence-corrected chi connectivity index (χ3v) is 4.17. The fourth-order valence-corrected chi connectivity index (χ4v) is 2.66. The molecule has 0 bridgehead atoms. The first-order valence-electron chi connectivity index (χ1n) is 9.21. The average Bonchev–Trinajstić information content (AvgIpc) is 3.06. The highest BCUT2D eigenvalue weighted by Gasteiger charge is 2.16. The smallest absolute Gasteiger partial charge is 0.122 e. The Balaban J connectivity index is 0.000000313. The van der Waals surface area contributed by atoms with Crippen LogP contribution in [0.15, 0.2) is 60.9 Å². The van der Waals surface area contributed by atoms with Crippen molar-refractivity contribution in [2.45, 2.75) is 26.6 Å². The van der Waals surface area contributed by atoms with Crippen LogP contribution in [0, 0.1) is 6.92 Å². The molecule has 0 saturated carbocycles. The molecule has 4 nitrogen and oxygen atoms in total. The Morgan fingerprint density at radius 2 is 1.41 bits per heavy atom. The monoisotopic (exact) mass is 362 g/mol. The van der Waals surface area contributed by atoms with Gasteiger partial charge in [-0.25, -0.2) is 4.98 Å². The molecule has 0 atom stereocenters. The molecule has 0 saturated heterocycles. The van der Waals surface area contributed by atoms with E-state index < -0.39 is 0 Å². The van der Waals surface area contributed by atoms with E-state index >= 15 is 0 Å². The lowest BCUT2D eigenvalue weighted by Gasteiger charge is -2.20. The maximum Gasteiger partial charge on any atom is 0.122 e. The quantitative estimate of drug-likeness (QED) is 0.607. The van der Waals surface area contributed by atoms with Gasteiger partial charge in [-0.2, -0.15) is 0 Å². The van der Waals surface area contributed by atoms with E-state index in [0.29, 0.717) is 13.2 Å².